The molecule has 21 rings (SSSR count). The van der Waals surface area contributed by atoms with Gasteiger partial charge in [0, 0.05) is 75.5 Å². The third kappa shape index (κ3) is 18.6. The first-order chi connectivity index (χ1) is 64.2. The number of carbonyl (C=O) groups excluding carboxylic acids is 4. The number of fused-ring (bicyclic) bond motifs is 10. The summed E-state index contributed by atoms with van der Waals surface area (Å²) in [6.45, 7) is 3.84. The van der Waals surface area contributed by atoms with E-state index in [0.29, 0.717) is 111 Å². The van der Waals surface area contributed by atoms with Crippen molar-refractivity contribution in [2.75, 3.05) is 30.5 Å². The van der Waals surface area contributed by atoms with Crippen molar-refractivity contribution in [2.45, 2.75) is 69.9 Å². The number of benzene rings is 9. The SMILES string of the molecule is Cc1nc2ccc(C(=O)N3CCC(c4ccc5c(c4)OCO5)C(O)C3)cc2[nH]1.Cn1c2c(c(=O)[nH]c1=O)C(c1ccc(Cl)cc1)NC(=O)N2.Cn1c2c(c(=O)[nH]c1=O)C(c1ccc(F)cc1)NC(=O)N2.O=C(CCc1nnc2n(Cc3ccc(F)cc3)c(=O)c3ccccc3n12)NCc1cccnc1.O=c1c2ccccc2n2c(-c3ccccc3O)nnc2n1Cc1ccc(F)cc1. The minimum Gasteiger partial charge on any atom is -0.507 e. The number of imidazole rings is 1. The van der Waals surface area contributed by atoms with Gasteiger partial charge in [0.25, 0.3) is 28.1 Å². The fourth-order valence-corrected chi connectivity index (χ4v) is 16.3. The number of nitrogens with one attached hydrogen (secondary N) is 8. The van der Waals surface area contributed by atoms with Crippen molar-refractivity contribution in [2.24, 2.45) is 14.1 Å². The summed E-state index contributed by atoms with van der Waals surface area (Å²) in [4.78, 5) is 140. The zero-order valence-electron chi connectivity index (χ0n) is 70.7. The first kappa shape index (κ1) is 88.1. The molecule has 0 saturated carbocycles. The molecule has 8 aromatic heterocycles. The van der Waals surface area contributed by atoms with Gasteiger partial charge in [0.15, 0.2) is 17.3 Å². The molecular formula is C94H79ClF3N21O14. The Bertz CT molecular complexity index is 7640. The third-order valence-corrected chi connectivity index (χ3v) is 23.0. The summed E-state index contributed by atoms with van der Waals surface area (Å²) >= 11 is 5.84. The van der Waals surface area contributed by atoms with Crippen LogP contribution in [0.2, 0.25) is 5.02 Å². The van der Waals surface area contributed by atoms with Gasteiger partial charge in [-0.15, -0.1) is 20.4 Å². The van der Waals surface area contributed by atoms with Crippen LogP contribution in [0.5, 0.6) is 17.2 Å². The van der Waals surface area contributed by atoms with E-state index in [0.717, 1.165) is 49.4 Å². The minimum absolute atomic E-state index is 0.0312. The van der Waals surface area contributed by atoms with Gasteiger partial charge in [0.2, 0.25) is 24.3 Å². The second-order valence-electron chi connectivity index (χ2n) is 31.3. The molecule has 4 aliphatic rings. The number of rotatable bonds is 14. The zero-order valence-corrected chi connectivity index (χ0v) is 71.5. The van der Waals surface area contributed by atoms with E-state index in [9.17, 15) is 71.3 Å². The number of piperidine rings is 1. The number of ether oxygens (including phenoxy) is 2. The molecule has 35 nitrogen and oxygen atoms in total. The predicted octanol–water partition coefficient (Wildman–Crippen LogP) is 10.5. The average Bonchev–Trinajstić information content (AvgIpc) is 1.47. The Morgan fingerprint density at radius 1 is 0.571 bits per heavy atom. The Hall–Kier alpha value is -16.9. The molecule has 0 bridgehead atoms. The summed E-state index contributed by atoms with van der Waals surface area (Å²) in [5.41, 5.74) is 6.50. The maximum Gasteiger partial charge on any atom is 0.329 e. The zero-order chi connectivity index (χ0) is 93.0. The number of phenolic OH excluding ortho intramolecular Hbond substituents is 1. The summed E-state index contributed by atoms with van der Waals surface area (Å²) in [7, 11) is 2.91. The van der Waals surface area contributed by atoms with Crippen LogP contribution >= 0.6 is 11.6 Å². The lowest BCUT2D eigenvalue weighted by Crippen LogP contribution is -2.46. The molecular weight excluding hydrogens is 1740 g/mol. The molecule has 133 heavy (non-hydrogen) atoms. The fourth-order valence-electron chi connectivity index (χ4n) is 16.1. The number of hydrogen-bond donors (Lipinski definition) is 10. The van der Waals surface area contributed by atoms with Gasteiger partial charge < -0.3 is 45.5 Å². The van der Waals surface area contributed by atoms with Crippen molar-refractivity contribution in [1.82, 2.24) is 93.2 Å². The smallest absolute Gasteiger partial charge is 0.329 e. The Morgan fingerprint density at radius 2 is 1.11 bits per heavy atom. The number of hydrogen-bond acceptors (Lipinski definition) is 20. The molecule has 10 N–H and O–H groups in total. The second kappa shape index (κ2) is 37.8. The molecule has 17 aromatic rings. The molecule has 0 spiro atoms. The second-order valence-corrected chi connectivity index (χ2v) is 31.8. The number of para-hydroxylation sites is 3. The normalized spacial score (nSPS) is 15.1. The molecule has 1 saturated heterocycles. The number of aryl methyl sites for hydroxylation is 2. The van der Waals surface area contributed by atoms with Crippen LogP contribution in [0.15, 0.2) is 260 Å². The van der Waals surface area contributed by atoms with Crippen LogP contribution in [0, 0.1) is 24.4 Å². The Morgan fingerprint density at radius 3 is 1.70 bits per heavy atom. The number of likely N-dealkylation sites (tertiary alicyclic amines) is 1. The van der Waals surface area contributed by atoms with Crippen LogP contribution in [0.4, 0.5) is 34.4 Å². The van der Waals surface area contributed by atoms with Gasteiger partial charge in [-0.25, -0.2) is 37.3 Å². The van der Waals surface area contributed by atoms with E-state index in [2.05, 4.69) is 71.9 Å². The number of phenols is 1. The number of aliphatic hydroxyl groups excluding tert-OH is 1. The summed E-state index contributed by atoms with van der Waals surface area (Å²) in [5, 5.41) is 52.8. The summed E-state index contributed by atoms with van der Waals surface area (Å²) < 4.78 is 59.4. The molecule has 4 atom stereocenters. The molecule has 9 aromatic carbocycles. The molecule has 0 radical (unpaired) electrons. The van der Waals surface area contributed by atoms with E-state index < -0.39 is 58.6 Å². The maximum atomic E-state index is 13.3. The number of aromatic nitrogens is 15. The van der Waals surface area contributed by atoms with E-state index in [1.807, 2.05) is 78.1 Å². The van der Waals surface area contributed by atoms with E-state index in [1.54, 1.807) is 125 Å². The highest BCUT2D eigenvalue weighted by Gasteiger charge is 2.36. The number of pyridine rings is 1. The number of H-pyrrole nitrogens is 3. The minimum atomic E-state index is -0.759. The van der Waals surface area contributed by atoms with Crippen molar-refractivity contribution in [3.05, 3.63) is 377 Å². The number of nitrogens with zero attached hydrogens (tertiary/aromatic N) is 13. The van der Waals surface area contributed by atoms with Crippen molar-refractivity contribution >= 4 is 91.5 Å². The highest BCUT2D eigenvalue weighted by atomic mass is 35.5. The van der Waals surface area contributed by atoms with Gasteiger partial charge in [-0.05, 0) is 168 Å². The molecule has 39 heteroatoms. The lowest BCUT2D eigenvalue weighted by atomic mass is 9.86. The Balaban J connectivity index is 0.000000117. The van der Waals surface area contributed by atoms with Crippen molar-refractivity contribution in [3.8, 4) is 28.6 Å². The summed E-state index contributed by atoms with van der Waals surface area (Å²) in [6.07, 6.45) is 4.01. The first-order valence-corrected chi connectivity index (χ1v) is 41.9. The van der Waals surface area contributed by atoms with Crippen LogP contribution < -0.4 is 69.7 Å². The third-order valence-electron chi connectivity index (χ3n) is 22.8. The molecule has 0 aliphatic carbocycles. The van der Waals surface area contributed by atoms with Gasteiger partial charge in [0.05, 0.1) is 80.8 Å². The van der Waals surface area contributed by atoms with Crippen LogP contribution in [-0.2, 0) is 44.9 Å². The number of halogens is 4. The highest BCUT2D eigenvalue weighted by Crippen LogP contribution is 2.39. The van der Waals surface area contributed by atoms with E-state index in [4.69, 9.17) is 21.1 Å². The molecule has 4 unspecified atom stereocenters. The highest BCUT2D eigenvalue weighted by molar-refractivity contribution is 6.30. The standard InChI is InChI=1S/C25H21FN6O2.C22H15FN4O2.C21H21N3O4.C13H11ClN4O3.C13H11FN4O3/c26-19-9-7-17(8-10-19)16-31-24(34)20-5-1-2-6-21(20)32-22(29-30-25(31)32)11-12-23(33)28-15-18-4-3-13-27-14-18;23-15-11-9-14(10-12-15)13-26-21(29)16-5-1-3-7-18(16)27-20(24-25-22(26)27)17-6-2-4-8-19(17)28;1-12-22-16-4-2-14(8-17(16)23-12)21(26)24-7-6-15(18(25)10-24)13-3-5-19-20(9-13)28-11-27-19;2*1-18-10-8(11(19)17-13(18)21)9(15-12(20)16-10)6-2-4-7(14)5-3-6/h1-10,13-14H,11-12,15-16H2,(H,28,33);1-12,28H,13H2;2-5,8-9,15,18,25H,6-7,10-11H2,1H3,(H,22,23);2*2-5,9H,1H3,(H2,15,16,20)(H,17,19,21). The number of β-amino-alcohol motifs (C(OH)–C–C–N with tert-alkyl or cyclic N) is 1. The summed E-state index contributed by atoms with van der Waals surface area (Å²) in [5.74, 6) is 3.05. The number of amides is 6. The van der Waals surface area contributed by atoms with E-state index >= 15 is 0 Å². The van der Waals surface area contributed by atoms with Crippen molar-refractivity contribution in [1.29, 1.82) is 0 Å². The summed E-state index contributed by atoms with van der Waals surface area (Å²) in [6, 6.07) is 57.9. The largest absolute Gasteiger partial charge is 0.507 e. The van der Waals surface area contributed by atoms with Crippen LogP contribution in [0.3, 0.4) is 0 Å². The first-order valence-electron chi connectivity index (χ1n) is 41.6. The molecule has 1 fully saturated rings. The number of carbonyl (C=O) groups is 4. The predicted molar refractivity (Wildman–Crippen MR) is 485 cm³/mol. The van der Waals surface area contributed by atoms with Gasteiger partial charge in [-0.3, -0.25) is 81.4 Å². The lowest BCUT2D eigenvalue weighted by Gasteiger charge is -2.36. The number of aromatic amines is 3. The van der Waals surface area contributed by atoms with Crippen LogP contribution in [0.1, 0.15) is 97.4 Å². The van der Waals surface area contributed by atoms with Crippen molar-refractivity contribution in [3.63, 3.8) is 0 Å². The molecule has 6 amide bonds. The topological polar surface area (TPSA) is 446 Å². The van der Waals surface area contributed by atoms with Gasteiger partial charge in [0.1, 0.15) is 46.5 Å². The number of urea groups is 2. The van der Waals surface area contributed by atoms with Gasteiger partial charge in [-0.1, -0.05) is 109 Å². The lowest BCUT2D eigenvalue weighted by molar-refractivity contribution is -0.121. The van der Waals surface area contributed by atoms with E-state index in [1.165, 1.54) is 76.3 Å². The maximum absolute atomic E-state index is 13.3. The number of anilines is 2. The molecule has 4 aliphatic heterocycles. The van der Waals surface area contributed by atoms with Crippen LogP contribution in [0.25, 0.3) is 55.8 Å². The Labute approximate surface area is 753 Å². The van der Waals surface area contributed by atoms with Gasteiger partial charge in [-0.2, -0.15) is 0 Å². The molecule has 672 valence electrons. The van der Waals surface area contributed by atoms with Gasteiger partial charge >= 0.3 is 23.4 Å². The van der Waals surface area contributed by atoms with Crippen molar-refractivity contribution < 1.29 is 52.0 Å². The van der Waals surface area contributed by atoms with Crippen LogP contribution in [-0.4, -0.2) is 137 Å². The number of aromatic hydroxyl groups is 1. The van der Waals surface area contributed by atoms with E-state index in [-0.39, 0.29) is 95.3 Å². The fraction of sp³-hybridized carbons (Fsp3) is 0.170. The quantitative estimate of drug-likeness (QED) is 0.0483. The number of aliphatic hydroxyl groups is 1. The molecule has 12 heterocycles. The Kier molecular flexibility index (Phi) is 25.1. The average molecular weight is 1820 g/mol. The monoisotopic (exact) mass is 1820 g/mol.